The lowest BCUT2D eigenvalue weighted by Gasteiger charge is -2.40. The maximum absolute atomic E-state index is 12.9. The van der Waals surface area contributed by atoms with E-state index in [4.69, 9.17) is 0 Å². The van der Waals surface area contributed by atoms with Gasteiger partial charge in [0.1, 0.15) is 10.7 Å². The Hall–Kier alpha value is -1.18. The number of hydrogen-bond donors (Lipinski definition) is 0. The van der Waals surface area contributed by atoms with Crippen LogP contribution in [0.15, 0.2) is 23.1 Å². The van der Waals surface area contributed by atoms with Crippen LogP contribution in [0.2, 0.25) is 0 Å². The van der Waals surface area contributed by atoms with Crippen LogP contribution in [0.4, 0.5) is 23.8 Å². The number of ketones is 1. The van der Waals surface area contributed by atoms with Gasteiger partial charge in [-0.1, -0.05) is 19.4 Å². The Morgan fingerprint density at radius 1 is 1.12 bits per heavy atom. The molecule has 1 aromatic rings. The molecule has 1 nitrogen and oxygen atoms in total. The molecule has 0 fully saturated rings. The number of hydrogen-bond acceptors (Lipinski definition) is 1. The van der Waals surface area contributed by atoms with Crippen LogP contribution in [0, 0.1) is 5.82 Å². The zero-order valence-electron chi connectivity index (χ0n) is 7.82. The van der Waals surface area contributed by atoms with Crippen molar-refractivity contribution in [3.63, 3.8) is 0 Å². The highest BCUT2D eigenvalue weighted by Gasteiger charge is 2.65. The molecule has 0 N–H and O–H groups in total. The average Bonchev–Trinajstić information content (AvgIpc) is 1.98. The van der Waals surface area contributed by atoms with Gasteiger partial charge >= 0.3 is 10.2 Å². The minimum absolute atomic E-state index is 0.00136. The average molecular weight is 264 g/mol. The van der Waals surface area contributed by atoms with Gasteiger partial charge in [0.25, 0.3) is 0 Å². The van der Waals surface area contributed by atoms with Crippen LogP contribution < -0.4 is 0 Å². The van der Waals surface area contributed by atoms with E-state index in [0.29, 0.717) is 6.07 Å². The first-order chi connectivity index (χ1) is 6.81. The highest BCUT2D eigenvalue weighted by Crippen LogP contribution is 3.02. The van der Waals surface area contributed by atoms with Crippen molar-refractivity contribution in [1.82, 2.24) is 0 Å². The number of benzene rings is 1. The SMILES string of the molecule is CC(=O)c1ccc(S(F)(F)(F)(F)F)cc1F. The standard InChI is InChI=1S/C8H6F6OS/c1-5(15)7-3-2-6(4-8(7)9)16(10,11,12,13)14/h2-4H,1H3. The van der Waals surface area contributed by atoms with Crippen molar-refractivity contribution in [2.45, 2.75) is 11.8 Å². The summed E-state index contributed by atoms with van der Waals surface area (Å²) in [6.07, 6.45) is 0. The molecule has 0 atom stereocenters. The fourth-order valence-corrected chi connectivity index (χ4v) is 1.67. The van der Waals surface area contributed by atoms with Gasteiger partial charge in [-0.15, -0.1) is 0 Å². The van der Waals surface area contributed by atoms with Crippen molar-refractivity contribution >= 4 is 16.0 Å². The van der Waals surface area contributed by atoms with E-state index in [2.05, 4.69) is 0 Å². The first kappa shape index (κ1) is 12.9. The number of rotatable bonds is 2. The number of halogens is 6. The number of Topliss-reactive ketones (excluding diaryl/α,β-unsaturated/α-hetero) is 1. The van der Waals surface area contributed by atoms with Crippen molar-refractivity contribution in [2.24, 2.45) is 0 Å². The quantitative estimate of drug-likeness (QED) is 0.559. The van der Waals surface area contributed by atoms with Crippen molar-refractivity contribution in [3.05, 3.63) is 29.6 Å². The van der Waals surface area contributed by atoms with Crippen molar-refractivity contribution < 1.29 is 28.6 Å². The molecule has 0 saturated heterocycles. The molecule has 0 spiro atoms. The zero-order valence-corrected chi connectivity index (χ0v) is 8.63. The molecule has 16 heavy (non-hydrogen) atoms. The van der Waals surface area contributed by atoms with E-state index in [1.165, 1.54) is 0 Å². The second kappa shape index (κ2) is 2.73. The van der Waals surface area contributed by atoms with Gasteiger partial charge in [0.05, 0.1) is 5.56 Å². The van der Waals surface area contributed by atoms with Gasteiger partial charge in [-0.3, -0.25) is 4.79 Å². The Labute approximate surface area is 86.8 Å². The summed E-state index contributed by atoms with van der Waals surface area (Å²) in [5, 5.41) is 0. The maximum atomic E-state index is 12.9. The smallest absolute Gasteiger partial charge is 0.294 e. The predicted molar refractivity (Wildman–Crippen MR) is 47.8 cm³/mol. The van der Waals surface area contributed by atoms with Gasteiger partial charge in [-0.2, -0.15) is 0 Å². The van der Waals surface area contributed by atoms with Gasteiger partial charge in [-0.25, -0.2) is 4.39 Å². The Bertz CT molecular complexity index is 462. The largest absolute Gasteiger partial charge is 0.310 e. The molecule has 0 aliphatic heterocycles. The summed E-state index contributed by atoms with van der Waals surface area (Å²) in [6.45, 7) is 0.915. The summed E-state index contributed by atoms with van der Waals surface area (Å²) >= 11 is 0. The highest BCUT2D eigenvalue weighted by molar-refractivity contribution is 8.45. The summed E-state index contributed by atoms with van der Waals surface area (Å²) in [6, 6.07) is 0.0323. The molecule has 0 saturated carbocycles. The van der Waals surface area contributed by atoms with Crippen LogP contribution in [0.25, 0.3) is 0 Å². The Kier molecular flexibility index (Phi) is 2.20. The summed E-state index contributed by atoms with van der Waals surface area (Å²) in [4.78, 5) is 8.34. The van der Waals surface area contributed by atoms with E-state index in [0.717, 1.165) is 6.92 Å². The van der Waals surface area contributed by atoms with Crippen LogP contribution >= 0.6 is 10.2 Å². The molecule has 92 valence electrons. The number of carbonyl (C=O) groups excluding carboxylic acids is 1. The second-order valence-corrected chi connectivity index (χ2v) is 5.58. The minimum atomic E-state index is -9.88. The molecule has 0 aromatic heterocycles. The molecule has 0 heterocycles. The van der Waals surface area contributed by atoms with Gasteiger partial charge in [0.2, 0.25) is 0 Å². The first-order valence-corrected chi connectivity index (χ1v) is 5.81. The molecule has 0 bridgehead atoms. The van der Waals surface area contributed by atoms with E-state index in [1.807, 2.05) is 0 Å². The van der Waals surface area contributed by atoms with E-state index in [-0.39, 0.29) is 12.1 Å². The van der Waals surface area contributed by atoms with Gasteiger partial charge in [0, 0.05) is 0 Å². The fraction of sp³-hybridized carbons (Fsp3) is 0.125. The van der Waals surface area contributed by atoms with Gasteiger partial charge in [-0.05, 0) is 25.1 Å². The van der Waals surface area contributed by atoms with Crippen molar-refractivity contribution in [1.29, 1.82) is 0 Å². The predicted octanol–water partition coefficient (Wildman–Crippen LogP) is 4.69. The van der Waals surface area contributed by atoms with Gasteiger partial charge in [0.15, 0.2) is 5.78 Å². The zero-order chi connectivity index (χ0) is 12.8. The molecule has 8 heteroatoms. The Morgan fingerprint density at radius 2 is 1.62 bits per heavy atom. The van der Waals surface area contributed by atoms with Gasteiger partial charge < -0.3 is 0 Å². The highest BCUT2D eigenvalue weighted by atomic mass is 32.5. The molecule has 0 amide bonds. The van der Waals surface area contributed by atoms with Crippen LogP contribution in [-0.4, -0.2) is 5.78 Å². The second-order valence-electron chi connectivity index (χ2n) is 3.17. The van der Waals surface area contributed by atoms with Crippen molar-refractivity contribution in [2.75, 3.05) is 0 Å². The first-order valence-electron chi connectivity index (χ1n) is 3.86. The maximum Gasteiger partial charge on any atom is 0.310 e. The summed E-state index contributed by atoms with van der Waals surface area (Å²) < 4.78 is 74.0. The van der Waals surface area contributed by atoms with Crippen LogP contribution in [-0.2, 0) is 0 Å². The molecule has 0 radical (unpaired) electrons. The lowest BCUT2D eigenvalue weighted by atomic mass is 10.1. The lowest BCUT2D eigenvalue weighted by Crippen LogP contribution is -2.08. The van der Waals surface area contributed by atoms with E-state index in [1.54, 1.807) is 0 Å². The molecule has 1 rings (SSSR count). The molecule has 1 aromatic carbocycles. The van der Waals surface area contributed by atoms with E-state index >= 15 is 0 Å². The molecular weight excluding hydrogens is 258 g/mol. The third-order valence-corrected chi connectivity index (χ3v) is 2.91. The molecule has 0 aliphatic rings. The van der Waals surface area contributed by atoms with Crippen molar-refractivity contribution in [3.8, 4) is 0 Å². The van der Waals surface area contributed by atoms with Crippen LogP contribution in [0.3, 0.4) is 0 Å². The molecule has 0 aliphatic carbocycles. The lowest BCUT2D eigenvalue weighted by molar-refractivity contribution is 0.101. The Morgan fingerprint density at radius 3 is 1.94 bits per heavy atom. The van der Waals surface area contributed by atoms with Crippen LogP contribution in [0.5, 0.6) is 0 Å². The third kappa shape index (κ3) is 2.69. The van der Waals surface area contributed by atoms with E-state index < -0.39 is 32.3 Å². The minimum Gasteiger partial charge on any atom is -0.294 e. The summed E-state index contributed by atoms with van der Waals surface area (Å²) in [5.74, 6) is -2.45. The normalized spacial score (nSPS) is 16.4. The monoisotopic (exact) mass is 264 g/mol. The number of carbonyl (C=O) groups is 1. The molecule has 0 unspecified atom stereocenters. The molecular formula is C8H6F6OS. The fourth-order valence-electron chi connectivity index (χ4n) is 1.02. The topological polar surface area (TPSA) is 17.1 Å². The third-order valence-electron chi connectivity index (χ3n) is 1.77. The van der Waals surface area contributed by atoms with Crippen LogP contribution in [0.1, 0.15) is 17.3 Å². The Balaban J connectivity index is 3.45. The summed E-state index contributed by atoms with van der Waals surface area (Å²) in [7, 11) is -9.88. The summed E-state index contributed by atoms with van der Waals surface area (Å²) in [5.41, 5.74) is -0.661. The van der Waals surface area contributed by atoms with E-state index in [9.17, 15) is 28.6 Å².